The van der Waals surface area contributed by atoms with E-state index >= 15 is 0 Å². The largest absolute Gasteiger partial charge is 0.483 e. The molecule has 0 aromatic heterocycles. The molecule has 3 aliphatic heterocycles. The average Bonchev–Trinajstić information content (AvgIpc) is 2.98. The number of carbonyl (C=O) groups is 1. The molecule has 5 rings (SSSR count). The van der Waals surface area contributed by atoms with Crippen molar-refractivity contribution in [2.45, 2.75) is 103 Å². The first-order valence-electron chi connectivity index (χ1n) is 16.5. The summed E-state index contributed by atoms with van der Waals surface area (Å²) in [5.74, 6) is 3.58. The minimum atomic E-state index is -0.507. The molecule has 0 amide bonds. The van der Waals surface area contributed by atoms with E-state index in [1.54, 1.807) is 0 Å². The first kappa shape index (κ1) is 32.3. The first-order valence-corrected chi connectivity index (χ1v) is 16.5. The van der Waals surface area contributed by atoms with Crippen LogP contribution in [-0.2, 0) is 10.2 Å². The zero-order valence-electron chi connectivity index (χ0n) is 27.3. The molecule has 1 saturated heterocycles. The molecule has 236 valence electrons. The van der Waals surface area contributed by atoms with Crippen LogP contribution in [0.4, 0.5) is 4.39 Å². The number of nitrogens with zero attached hydrogens (tertiary/aromatic N) is 2. The zero-order chi connectivity index (χ0) is 31.5. The van der Waals surface area contributed by atoms with Crippen LogP contribution in [0.15, 0.2) is 42.0 Å². The van der Waals surface area contributed by atoms with Gasteiger partial charge in [-0.15, -0.1) is 6.42 Å². The summed E-state index contributed by atoms with van der Waals surface area (Å²) in [5.41, 5.74) is 4.30. The van der Waals surface area contributed by atoms with Crippen LogP contribution in [0.3, 0.4) is 0 Å². The molecule has 6 heteroatoms. The summed E-state index contributed by atoms with van der Waals surface area (Å²) in [6.07, 6.45) is 13.2. The monoisotopic (exact) mass is 600 g/mol. The Balaban J connectivity index is 1.54. The van der Waals surface area contributed by atoms with Crippen molar-refractivity contribution in [1.29, 1.82) is 0 Å². The van der Waals surface area contributed by atoms with Gasteiger partial charge in [-0.1, -0.05) is 44.7 Å². The number of likely N-dealkylation sites (tertiary alicyclic amines) is 1. The van der Waals surface area contributed by atoms with Crippen LogP contribution < -0.4 is 9.47 Å². The number of benzene rings is 2. The van der Waals surface area contributed by atoms with E-state index in [0.717, 1.165) is 73.3 Å². The van der Waals surface area contributed by atoms with Crippen LogP contribution in [0.25, 0.3) is 5.57 Å². The predicted molar refractivity (Wildman–Crippen MR) is 175 cm³/mol. The van der Waals surface area contributed by atoms with E-state index in [1.807, 2.05) is 18.2 Å². The summed E-state index contributed by atoms with van der Waals surface area (Å²) in [7, 11) is 0. The van der Waals surface area contributed by atoms with Gasteiger partial charge in [0.1, 0.15) is 22.9 Å². The van der Waals surface area contributed by atoms with Gasteiger partial charge in [-0.05, 0) is 113 Å². The van der Waals surface area contributed by atoms with Gasteiger partial charge in [0.15, 0.2) is 0 Å². The molecule has 0 bridgehead atoms. The third-order valence-corrected chi connectivity index (χ3v) is 10.1. The molecule has 0 radical (unpaired) electrons. The second-order valence-corrected chi connectivity index (χ2v) is 13.6. The standard InChI is InChI=1S/C38H49FN2O3/c1-7-19-38(6,28-14-16-30(39)17-15-28)29-24-33(43-35(42)13-11-22-41-21-10-9-12-27(41)3)36-31-26-40(20-8-2)23-18-32(31)37(4,5)44-34(36)25-29/h2,14-17,24-25,27H,7,9-13,18-23,26H2,1,3-6H3. The van der Waals surface area contributed by atoms with Crippen LogP contribution in [0.5, 0.6) is 11.5 Å². The van der Waals surface area contributed by atoms with E-state index in [4.69, 9.17) is 15.9 Å². The lowest BCUT2D eigenvalue weighted by Gasteiger charge is -2.43. The van der Waals surface area contributed by atoms with Gasteiger partial charge in [0.05, 0.1) is 12.1 Å². The van der Waals surface area contributed by atoms with Crippen molar-refractivity contribution < 1.29 is 18.7 Å². The molecule has 5 nitrogen and oxygen atoms in total. The van der Waals surface area contributed by atoms with E-state index in [9.17, 15) is 9.18 Å². The highest BCUT2D eigenvalue weighted by atomic mass is 19.1. The third-order valence-electron chi connectivity index (χ3n) is 10.1. The number of terminal acetylenes is 1. The molecule has 3 aliphatic rings. The Morgan fingerprint density at radius 1 is 1.18 bits per heavy atom. The molecular weight excluding hydrogens is 551 g/mol. The van der Waals surface area contributed by atoms with E-state index < -0.39 is 11.0 Å². The first-order chi connectivity index (χ1) is 21.1. The number of carbonyl (C=O) groups excluding carboxylic acids is 1. The van der Waals surface area contributed by atoms with Crippen molar-refractivity contribution in [3.8, 4) is 23.8 Å². The average molecular weight is 601 g/mol. The number of halogens is 1. The van der Waals surface area contributed by atoms with Gasteiger partial charge in [-0.3, -0.25) is 9.69 Å². The fraction of sp³-hybridized carbons (Fsp3) is 0.553. The molecule has 2 aromatic carbocycles. The summed E-state index contributed by atoms with van der Waals surface area (Å²) in [6, 6.07) is 11.5. The molecule has 0 N–H and O–H groups in total. The highest BCUT2D eigenvalue weighted by Crippen LogP contribution is 2.51. The number of ether oxygens (including phenoxy) is 2. The van der Waals surface area contributed by atoms with Gasteiger partial charge in [-0.2, -0.15) is 0 Å². The molecule has 2 unspecified atom stereocenters. The predicted octanol–water partition coefficient (Wildman–Crippen LogP) is 7.76. The number of hydrogen-bond acceptors (Lipinski definition) is 5. The quantitative estimate of drug-likeness (QED) is 0.158. The molecule has 3 heterocycles. The molecule has 0 spiro atoms. The van der Waals surface area contributed by atoms with E-state index in [2.05, 4.69) is 56.4 Å². The Labute approximate surface area is 263 Å². The smallest absolute Gasteiger partial charge is 0.311 e. The number of rotatable bonds is 10. The molecular formula is C38H49FN2O3. The van der Waals surface area contributed by atoms with Crippen molar-refractivity contribution in [1.82, 2.24) is 9.80 Å². The van der Waals surface area contributed by atoms with E-state index in [1.165, 1.54) is 37.0 Å². The Kier molecular flexibility index (Phi) is 9.87. The summed E-state index contributed by atoms with van der Waals surface area (Å²) in [5, 5.41) is 0. The maximum Gasteiger partial charge on any atom is 0.311 e. The molecule has 0 saturated carbocycles. The van der Waals surface area contributed by atoms with Gasteiger partial charge in [0, 0.05) is 31.0 Å². The van der Waals surface area contributed by atoms with Crippen LogP contribution in [0.2, 0.25) is 0 Å². The van der Waals surface area contributed by atoms with Gasteiger partial charge >= 0.3 is 5.97 Å². The maximum atomic E-state index is 14.0. The highest BCUT2D eigenvalue weighted by molar-refractivity contribution is 5.85. The van der Waals surface area contributed by atoms with Crippen LogP contribution >= 0.6 is 0 Å². The molecule has 44 heavy (non-hydrogen) atoms. The molecule has 2 atom stereocenters. The van der Waals surface area contributed by atoms with Gasteiger partial charge in [0.25, 0.3) is 0 Å². The van der Waals surface area contributed by atoms with Gasteiger partial charge < -0.3 is 14.4 Å². The number of esters is 1. The number of hydrogen-bond donors (Lipinski definition) is 0. The second-order valence-electron chi connectivity index (χ2n) is 13.6. The second kappa shape index (κ2) is 13.5. The molecule has 0 aliphatic carbocycles. The normalized spacial score (nSPS) is 21.4. The van der Waals surface area contributed by atoms with Crippen molar-refractivity contribution in [3.05, 3.63) is 64.5 Å². The maximum absolute atomic E-state index is 14.0. The summed E-state index contributed by atoms with van der Waals surface area (Å²) >= 11 is 0. The van der Waals surface area contributed by atoms with Gasteiger partial charge in [-0.25, -0.2) is 4.39 Å². The summed E-state index contributed by atoms with van der Waals surface area (Å²) < 4.78 is 27.1. The number of fused-ring (bicyclic) bond motifs is 2. The van der Waals surface area contributed by atoms with Crippen molar-refractivity contribution >= 4 is 11.5 Å². The summed E-state index contributed by atoms with van der Waals surface area (Å²) in [6.45, 7) is 15.0. The SMILES string of the molecule is C#CCN1CCC2=C(C1)c1c(OC(=O)CCCN3CCCCC3C)cc(C(C)(CCC)c3ccc(F)cc3)cc1OC2(C)C. The highest BCUT2D eigenvalue weighted by Gasteiger charge is 2.41. The van der Waals surface area contributed by atoms with Crippen LogP contribution in [-0.4, -0.2) is 60.1 Å². The minimum Gasteiger partial charge on any atom is -0.483 e. The van der Waals surface area contributed by atoms with E-state index in [-0.39, 0.29) is 11.8 Å². The fourth-order valence-corrected chi connectivity index (χ4v) is 7.54. The van der Waals surface area contributed by atoms with Crippen molar-refractivity contribution in [2.24, 2.45) is 0 Å². The third kappa shape index (κ3) is 6.75. The molecule has 1 fully saturated rings. The van der Waals surface area contributed by atoms with E-state index in [0.29, 0.717) is 31.3 Å². The summed E-state index contributed by atoms with van der Waals surface area (Å²) in [4.78, 5) is 18.3. The minimum absolute atomic E-state index is 0.226. The van der Waals surface area contributed by atoms with Crippen molar-refractivity contribution in [2.75, 3.05) is 32.7 Å². The Morgan fingerprint density at radius 2 is 1.95 bits per heavy atom. The fourth-order valence-electron chi connectivity index (χ4n) is 7.54. The number of piperidine rings is 1. The van der Waals surface area contributed by atoms with Crippen LogP contribution in [0, 0.1) is 18.2 Å². The lowest BCUT2D eigenvalue weighted by Crippen LogP contribution is -2.42. The Hall–Kier alpha value is -3.14. The van der Waals surface area contributed by atoms with Gasteiger partial charge in [0.2, 0.25) is 0 Å². The molecule has 2 aromatic rings. The lowest BCUT2D eigenvalue weighted by molar-refractivity contribution is -0.134. The topological polar surface area (TPSA) is 42.0 Å². The Bertz CT molecular complexity index is 1420. The lowest BCUT2D eigenvalue weighted by atomic mass is 9.72. The zero-order valence-corrected chi connectivity index (χ0v) is 27.3. The van der Waals surface area contributed by atoms with Crippen LogP contribution in [0.1, 0.15) is 103 Å². The Morgan fingerprint density at radius 3 is 2.66 bits per heavy atom. The van der Waals surface area contributed by atoms with Crippen molar-refractivity contribution in [3.63, 3.8) is 0 Å².